The first kappa shape index (κ1) is 25.4. The van der Waals surface area contributed by atoms with Crippen LogP contribution in [-0.4, -0.2) is 29.0 Å². The highest BCUT2D eigenvalue weighted by Gasteiger charge is 2.29. The summed E-state index contributed by atoms with van der Waals surface area (Å²) in [6.45, 7) is 14.7. The maximum atomic E-state index is 6.75. The third kappa shape index (κ3) is 4.46. The Balaban J connectivity index is 1.85. The van der Waals surface area contributed by atoms with E-state index < -0.39 is 8.07 Å². The zero-order chi connectivity index (χ0) is 24.6. The van der Waals surface area contributed by atoms with Crippen molar-refractivity contribution in [3.05, 3.63) is 40.8 Å². The Labute approximate surface area is 214 Å². The van der Waals surface area contributed by atoms with E-state index in [1.165, 1.54) is 0 Å². The van der Waals surface area contributed by atoms with Gasteiger partial charge in [0.05, 0.1) is 21.8 Å². The third-order valence-electron chi connectivity index (χ3n) is 7.48. The van der Waals surface area contributed by atoms with E-state index in [2.05, 4.69) is 70.6 Å². The fourth-order valence-corrected chi connectivity index (χ4v) is 11.3. The van der Waals surface area contributed by atoms with Crippen LogP contribution >= 0.6 is 23.2 Å². The van der Waals surface area contributed by atoms with E-state index in [0.29, 0.717) is 26.7 Å². The van der Waals surface area contributed by atoms with E-state index in [0.717, 1.165) is 47.9 Å². The van der Waals surface area contributed by atoms with Gasteiger partial charge in [0.15, 0.2) is 0 Å². The molecule has 1 aromatic carbocycles. The summed E-state index contributed by atoms with van der Waals surface area (Å²) >= 11 is 13.2. The lowest BCUT2D eigenvalue weighted by Crippen LogP contribution is -2.43. The van der Waals surface area contributed by atoms with Crippen molar-refractivity contribution in [2.75, 3.05) is 6.61 Å². The van der Waals surface area contributed by atoms with Crippen molar-refractivity contribution in [1.29, 1.82) is 0 Å². The number of halogens is 2. The Hall–Kier alpha value is -1.71. The van der Waals surface area contributed by atoms with Crippen LogP contribution in [0.1, 0.15) is 67.0 Å². The van der Waals surface area contributed by atoms with Gasteiger partial charge in [-0.2, -0.15) is 5.10 Å². The Morgan fingerprint density at radius 3 is 2.35 bits per heavy atom. The Bertz CT molecular complexity index is 1200. The van der Waals surface area contributed by atoms with E-state index in [9.17, 15) is 0 Å². The van der Waals surface area contributed by atoms with Gasteiger partial charge in [-0.1, -0.05) is 78.9 Å². The topological polar surface area (TPSA) is 32.0 Å². The maximum absolute atomic E-state index is 6.75. The van der Waals surface area contributed by atoms with Gasteiger partial charge in [0.2, 0.25) is 0 Å². The Kier molecular flexibility index (Phi) is 7.55. The van der Waals surface area contributed by atoms with Crippen molar-refractivity contribution in [2.24, 2.45) is 0 Å². The van der Waals surface area contributed by atoms with Crippen LogP contribution in [0.5, 0.6) is 0 Å². The van der Waals surface area contributed by atoms with E-state index in [1.807, 2.05) is 27.6 Å². The molecule has 2 aromatic heterocycles. The normalized spacial score (nSPS) is 17.1. The predicted molar refractivity (Wildman–Crippen MR) is 146 cm³/mol. The average Bonchev–Trinajstić information content (AvgIpc) is 3.42. The van der Waals surface area contributed by atoms with Crippen LogP contribution in [0, 0.1) is 11.6 Å². The van der Waals surface area contributed by atoms with Crippen LogP contribution in [0.4, 0.5) is 0 Å². The summed E-state index contributed by atoms with van der Waals surface area (Å²) in [4.78, 5) is 0. The van der Waals surface area contributed by atoms with E-state index >= 15 is 0 Å². The number of benzene rings is 1. The van der Waals surface area contributed by atoms with Crippen molar-refractivity contribution >= 4 is 42.2 Å². The van der Waals surface area contributed by atoms with Gasteiger partial charge in [0.1, 0.15) is 6.23 Å². The van der Waals surface area contributed by atoms with Crippen molar-refractivity contribution in [2.45, 2.75) is 83.7 Å². The Morgan fingerprint density at radius 1 is 1.03 bits per heavy atom. The zero-order valence-corrected chi connectivity index (χ0v) is 23.5. The van der Waals surface area contributed by atoms with E-state index in [4.69, 9.17) is 27.9 Å². The second-order valence-corrected chi connectivity index (χ2v) is 16.7. The highest BCUT2D eigenvalue weighted by molar-refractivity contribution is 6.90. The minimum atomic E-state index is -1.91. The smallest absolute Gasteiger partial charge is 0.150 e. The maximum Gasteiger partial charge on any atom is 0.150 e. The average molecular weight is 517 g/mol. The van der Waals surface area contributed by atoms with Crippen molar-refractivity contribution in [3.8, 4) is 22.7 Å². The first-order valence-corrected chi connectivity index (χ1v) is 15.3. The monoisotopic (exact) mass is 515 g/mol. The van der Waals surface area contributed by atoms with Gasteiger partial charge in [0.25, 0.3) is 0 Å². The number of ether oxygens (including phenoxy) is 1. The summed E-state index contributed by atoms with van der Waals surface area (Å²) in [6.07, 6.45) is 9.33. The molecule has 0 radical (unpaired) electrons. The Morgan fingerprint density at radius 2 is 1.74 bits per heavy atom. The van der Waals surface area contributed by atoms with Gasteiger partial charge in [-0.15, -0.1) is 16.6 Å². The number of rotatable bonds is 5. The van der Waals surface area contributed by atoms with Crippen molar-refractivity contribution < 1.29 is 4.74 Å². The molecule has 0 aliphatic carbocycles. The number of fused-ring (bicyclic) bond motifs is 1. The molecule has 1 fully saturated rings. The van der Waals surface area contributed by atoms with Gasteiger partial charge < -0.3 is 4.74 Å². The lowest BCUT2D eigenvalue weighted by molar-refractivity contribution is -0.0394. The van der Waals surface area contributed by atoms with Crippen LogP contribution in [-0.2, 0) is 4.74 Å². The molecule has 7 heteroatoms. The molecule has 0 N–H and O–H groups in total. The summed E-state index contributed by atoms with van der Waals surface area (Å²) in [5.41, 5.74) is 8.40. The van der Waals surface area contributed by atoms with E-state index in [-0.39, 0.29) is 6.23 Å². The minimum Gasteiger partial charge on any atom is -0.357 e. The molecule has 3 aromatic rings. The van der Waals surface area contributed by atoms with Gasteiger partial charge in [0, 0.05) is 35.5 Å². The third-order valence-corrected chi connectivity index (χ3v) is 14.6. The standard InChI is InChI=1S/C27H35Cl2N3OSi/c1-18(2)34(19(3)4,20(5)6)14-12-31-17-23(22-10-11-24(28)26(29)27(22)31)21-15-30-32(16-21)25-9-7-8-13-33-25/h10-11,15-20,25H,7-9,13H2,1-6H3/q-1. The molecule has 1 aliphatic heterocycles. The number of hydrogen-bond donors (Lipinski definition) is 0. The van der Waals surface area contributed by atoms with E-state index in [1.54, 1.807) is 0 Å². The van der Waals surface area contributed by atoms with Crippen molar-refractivity contribution in [1.82, 2.24) is 14.3 Å². The largest absolute Gasteiger partial charge is 0.357 e. The highest BCUT2D eigenvalue weighted by Crippen LogP contribution is 2.41. The number of nitrogens with zero attached hydrogens (tertiary/aromatic N) is 3. The lowest BCUT2D eigenvalue weighted by Gasteiger charge is -2.50. The molecule has 1 unspecified atom stereocenters. The first-order valence-electron chi connectivity index (χ1n) is 12.3. The van der Waals surface area contributed by atoms with Gasteiger partial charge in [-0.25, -0.2) is 4.68 Å². The quantitative estimate of drug-likeness (QED) is 0.251. The van der Waals surface area contributed by atoms with Gasteiger partial charge >= 0.3 is 0 Å². The fraction of sp³-hybridized carbons (Fsp3) is 0.519. The summed E-state index contributed by atoms with van der Waals surface area (Å²) in [5, 5.41) is 6.72. The molecule has 183 valence electrons. The zero-order valence-electron chi connectivity index (χ0n) is 21.0. The van der Waals surface area contributed by atoms with Crippen LogP contribution in [0.2, 0.25) is 26.7 Å². The fourth-order valence-electron chi connectivity index (χ4n) is 5.73. The molecule has 34 heavy (non-hydrogen) atoms. The van der Waals surface area contributed by atoms with Crippen LogP contribution in [0.25, 0.3) is 22.0 Å². The minimum absolute atomic E-state index is 0.00316. The van der Waals surface area contributed by atoms with Crippen LogP contribution in [0.3, 0.4) is 0 Å². The second kappa shape index (κ2) is 10.1. The molecular weight excluding hydrogens is 481 g/mol. The molecular formula is C27H35Cl2N3OSi-. The van der Waals surface area contributed by atoms with Crippen LogP contribution < -0.4 is 0 Å². The first-order chi connectivity index (χ1) is 16.2. The summed E-state index contributed by atoms with van der Waals surface area (Å²) in [5.74, 6) is 0. The summed E-state index contributed by atoms with van der Waals surface area (Å²) < 4.78 is 9.85. The molecule has 1 atom stereocenters. The summed E-state index contributed by atoms with van der Waals surface area (Å²) in [6, 6.07) is 7.42. The number of aromatic nitrogens is 3. The van der Waals surface area contributed by atoms with Crippen molar-refractivity contribution in [3.63, 3.8) is 0 Å². The second-order valence-electron chi connectivity index (χ2n) is 10.3. The number of hydrogen-bond acceptors (Lipinski definition) is 2. The molecule has 1 saturated heterocycles. The van der Waals surface area contributed by atoms with Gasteiger partial charge in [-0.05, 0) is 31.4 Å². The lowest BCUT2D eigenvalue weighted by atomic mass is 10.1. The molecule has 0 amide bonds. The molecule has 0 bridgehead atoms. The molecule has 0 spiro atoms. The molecule has 1 aliphatic rings. The molecule has 3 heterocycles. The highest BCUT2D eigenvalue weighted by atomic mass is 35.5. The summed E-state index contributed by atoms with van der Waals surface area (Å²) in [7, 11) is -1.91. The molecule has 0 saturated carbocycles. The van der Waals surface area contributed by atoms with Gasteiger partial charge in [-0.3, -0.25) is 10.1 Å². The SMILES string of the molecule is CC(C)[Si-](C#Cn1cc(-c2cnn(C3CCCCO3)c2)c2ccc(Cl)c(Cl)c21)(C(C)C)C(C)C. The predicted octanol–water partition coefficient (Wildman–Crippen LogP) is 8.54. The molecule has 4 rings (SSSR count). The molecule has 4 nitrogen and oxygen atoms in total. The van der Waals surface area contributed by atoms with Crippen LogP contribution in [0.15, 0.2) is 30.7 Å².